The van der Waals surface area contributed by atoms with E-state index in [0.717, 1.165) is 52.1 Å². The summed E-state index contributed by atoms with van der Waals surface area (Å²) in [4.78, 5) is 0. The van der Waals surface area contributed by atoms with Crippen molar-refractivity contribution in [3.8, 4) is 16.9 Å². The molecule has 0 saturated heterocycles. The molecule has 0 saturated carbocycles. The fourth-order valence-corrected chi connectivity index (χ4v) is 3.89. The zero-order valence-corrected chi connectivity index (χ0v) is 18.7. The van der Waals surface area contributed by atoms with E-state index in [1.54, 1.807) is 0 Å². The van der Waals surface area contributed by atoms with E-state index in [0.29, 0.717) is 0 Å². The molecular formula is C27H29F3O. The quantitative estimate of drug-likeness (QED) is 0.397. The Bertz CT molecular complexity index is 990. The second-order valence-electron chi connectivity index (χ2n) is 9.29. The summed E-state index contributed by atoms with van der Waals surface area (Å²) >= 11 is 0. The zero-order valence-electron chi connectivity index (χ0n) is 18.7. The molecule has 4 heteroatoms. The van der Waals surface area contributed by atoms with Crippen molar-refractivity contribution >= 4 is 0 Å². The highest BCUT2D eigenvalue weighted by Gasteiger charge is 2.30. The number of aryl methyl sites for hydroxylation is 2. The monoisotopic (exact) mass is 426 g/mol. The van der Waals surface area contributed by atoms with Gasteiger partial charge in [-0.25, -0.2) is 0 Å². The molecule has 0 aliphatic rings. The molecule has 0 heterocycles. The topological polar surface area (TPSA) is 9.23 Å². The van der Waals surface area contributed by atoms with Crippen LogP contribution in [0, 0.1) is 19.3 Å². The van der Waals surface area contributed by atoms with Crippen LogP contribution in [0.15, 0.2) is 66.7 Å². The molecule has 31 heavy (non-hydrogen) atoms. The maximum absolute atomic E-state index is 12.9. The van der Waals surface area contributed by atoms with Crippen molar-refractivity contribution in [2.24, 2.45) is 5.41 Å². The largest absolute Gasteiger partial charge is 0.486 e. The van der Waals surface area contributed by atoms with Gasteiger partial charge in [0.05, 0.1) is 5.56 Å². The highest BCUT2D eigenvalue weighted by atomic mass is 19.4. The molecule has 164 valence electrons. The first-order valence-corrected chi connectivity index (χ1v) is 10.4. The summed E-state index contributed by atoms with van der Waals surface area (Å²) in [5, 5.41) is 0. The number of alkyl halides is 3. The van der Waals surface area contributed by atoms with Gasteiger partial charge in [-0.05, 0) is 77.8 Å². The highest BCUT2D eigenvalue weighted by molar-refractivity contribution is 5.72. The average molecular weight is 427 g/mol. The molecule has 0 aliphatic carbocycles. The summed E-state index contributed by atoms with van der Waals surface area (Å²) in [5.41, 5.74) is 4.22. The van der Waals surface area contributed by atoms with Gasteiger partial charge < -0.3 is 4.74 Å². The third kappa shape index (κ3) is 5.90. The molecule has 0 spiro atoms. The van der Waals surface area contributed by atoms with Gasteiger partial charge in [-0.2, -0.15) is 13.2 Å². The third-order valence-electron chi connectivity index (χ3n) is 5.25. The lowest BCUT2D eigenvalue weighted by Crippen LogP contribution is -2.17. The van der Waals surface area contributed by atoms with Crippen molar-refractivity contribution in [2.45, 2.75) is 53.3 Å². The molecule has 1 atom stereocenters. The van der Waals surface area contributed by atoms with Gasteiger partial charge >= 0.3 is 6.18 Å². The molecule has 0 aliphatic heterocycles. The van der Waals surface area contributed by atoms with Gasteiger partial charge in [0.2, 0.25) is 0 Å². The number of halogens is 3. The summed E-state index contributed by atoms with van der Waals surface area (Å²) in [6.07, 6.45) is -3.56. The van der Waals surface area contributed by atoms with Gasteiger partial charge in [0.25, 0.3) is 0 Å². The standard InChI is InChI=1S/C27H29F3O/c1-18-15-23(31-24(17-26(3,4)5)20-9-7-6-8-10-20)16-19(2)25(18)21-11-13-22(14-12-21)27(28,29)30/h6-16,24H,17H2,1-5H3. The van der Waals surface area contributed by atoms with E-state index in [1.807, 2.05) is 44.2 Å². The lowest BCUT2D eigenvalue weighted by molar-refractivity contribution is -0.137. The van der Waals surface area contributed by atoms with Crippen LogP contribution in [-0.4, -0.2) is 0 Å². The van der Waals surface area contributed by atoms with E-state index >= 15 is 0 Å². The summed E-state index contributed by atoms with van der Waals surface area (Å²) < 4.78 is 45.1. The second-order valence-corrected chi connectivity index (χ2v) is 9.29. The molecule has 0 bridgehead atoms. The summed E-state index contributed by atoms with van der Waals surface area (Å²) in [6, 6.07) is 19.4. The van der Waals surface area contributed by atoms with Crippen molar-refractivity contribution in [3.63, 3.8) is 0 Å². The molecule has 3 rings (SSSR count). The first-order chi connectivity index (χ1) is 14.4. The summed E-state index contributed by atoms with van der Waals surface area (Å²) in [7, 11) is 0. The van der Waals surface area contributed by atoms with Crippen molar-refractivity contribution < 1.29 is 17.9 Å². The minimum absolute atomic E-state index is 0.0862. The van der Waals surface area contributed by atoms with Crippen LogP contribution < -0.4 is 4.74 Å². The van der Waals surface area contributed by atoms with E-state index in [2.05, 4.69) is 32.9 Å². The predicted molar refractivity (Wildman–Crippen MR) is 120 cm³/mol. The predicted octanol–water partition coefficient (Wildman–Crippen LogP) is 8.55. The number of hydrogen-bond acceptors (Lipinski definition) is 1. The maximum atomic E-state index is 12.9. The molecular weight excluding hydrogens is 397 g/mol. The molecule has 3 aromatic carbocycles. The van der Waals surface area contributed by atoms with Gasteiger partial charge in [0.1, 0.15) is 11.9 Å². The van der Waals surface area contributed by atoms with E-state index < -0.39 is 11.7 Å². The fourth-order valence-electron chi connectivity index (χ4n) is 3.89. The maximum Gasteiger partial charge on any atom is 0.416 e. The molecule has 0 N–H and O–H groups in total. The van der Waals surface area contributed by atoms with Crippen LogP contribution in [0.1, 0.15) is 55.5 Å². The van der Waals surface area contributed by atoms with Crippen molar-refractivity contribution in [2.75, 3.05) is 0 Å². The fraction of sp³-hybridized carbons (Fsp3) is 0.333. The van der Waals surface area contributed by atoms with Crippen LogP contribution in [-0.2, 0) is 6.18 Å². The Hall–Kier alpha value is -2.75. The van der Waals surface area contributed by atoms with Gasteiger partial charge in [0.15, 0.2) is 0 Å². The molecule has 0 aromatic heterocycles. The second kappa shape index (κ2) is 8.78. The van der Waals surface area contributed by atoms with Gasteiger partial charge in [0, 0.05) is 0 Å². The number of hydrogen-bond donors (Lipinski definition) is 0. The zero-order chi connectivity index (χ0) is 22.8. The average Bonchev–Trinajstić information content (AvgIpc) is 2.66. The van der Waals surface area contributed by atoms with Crippen molar-refractivity contribution in [1.29, 1.82) is 0 Å². The number of ether oxygens (including phenoxy) is 1. The Kier molecular flexibility index (Phi) is 6.49. The Morgan fingerprint density at radius 1 is 0.806 bits per heavy atom. The van der Waals surface area contributed by atoms with Crippen LogP contribution in [0.25, 0.3) is 11.1 Å². The Labute approximate surface area is 182 Å². The molecule has 0 radical (unpaired) electrons. The number of rotatable bonds is 5. The normalized spacial score (nSPS) is 13.2. The first kappa shape index (κ1) is 22.9. The summed E-state index contributed by atoms with van der Waals surface area (Å²) in [6.45, 7) is 10.5. The molecule has 0 fully saturated rings. The van der Waals surface area contributed by atoms with Gasteiger partial charge in [-0.15, -0.1) is 0 Å². The highest BCUT2D eigenvalue weighted by Crippen LogP contribution is 2.37. The molecule has 0 amide bonds. The van der Waals surface area contributed by atoms with E-state index in [9.17, 15) is 13.2 Å². The van der Waals surface area contributed by atoms with E-state index in [4.69, 9.17) is 4.74 Å². The lowest BCUT2D eigenvalue weighted by atomic mass is 9.86. The number of benzene rings is 3. The van der Waals surface area contributed by atoms with Crippen LogP contribution >= 0.6 is 0 Å². The Balaban J connectivity index is 1.91. The molecule has 1 unspecified atom stereocenters. The van der Waals surface area contributed by atoms with E-state index in [1.165, 1.54) is 12.1 Å². The Morgan fingerprint density at radius 3 is 1.84 bits per heavy atom. The van der Waals surface area contributed by atoms with Crippen LogP contribution in [0.3, 0.4) is 0 Å². The Morgan fingerprint density at radius 2 is 1.35 bits per heavy atom. The van der Waals surface area contributed by atoms with Crippen LogP contribution in [0.2, 0.25) is 0 Å². The van der Waals surface area contributed by atoms with Gasteiger partial charge in [-0.1, -0.05) is 63.2 Å². The van der Waals surface area contributed by atoms with Gasteiger partial charge in [-0.3, -0.25) is 0 Å². The smallest absolute Gasteiger partial charge is 0.416 e. The van der Waals surface area contributed by atoms with Crippen molar-refractivity contribution in [1.82, 2.24) is 0 Å². The first-order valence-electron chi connectivity index (χ1n) is 10.4. The molecule has 3 aromatic rings. The van der Waals surface area contributed by atoms with Crippen molar-refractivity contribution in [3.05, 3.63) is 89.0 Å². The lowest BCUT2D eigenvalue weighted by Gasteiger charge is -2.28. The third-order valence-corrected chi connectivity index (χ3v) is 5.25. The SMILES string of the molecule is Cc1cc(OC(CC(C)(C)C)c2ccccc2)cc(C)c1-c1ccc(C(F)(F)F)cc1. The molecule has 1 nitrogen and oxygen atoms in total. The summed E-state index contributed by atoms with van der Waals surface area (Å²) in [5.74, 6) is 0.767. The van der Waals surface area contributed by atoms with Crippen LogP contribution in [0.5, 0.6) is 5.75 Å². The van der Waals surface area contributed by atoms with E-state index in [-0.39, 0.29) is 11.5 Å². The minimum atomic E-state index is -4.33. The van der Waals surface area contributed by atoms with Crippen LogP contribution in [0.4, 0.5) is 13.2 Å². The minimum Gasteiger partial charge on any atom is -0.486 e.